The summed E-state index contributed by atoms with van der Waals surface area (Å²) < 4.78 is 11.5. The molecule has 3 heterocycles. The zero-order valence-corrected chi connectivity index (χ0v) is 16.1. The third kappa shape index (κ3) is 3.86. The number of carbonyl (C=O) groups excluding carboxylic acids is 1. The first kappa shape index (κ1) is 19.2. The summed E-state index contributed by atoms with van der Waals surface area (Å²) in [4.78, 5) is 27.9. The molecule has 0 atom stereocenters. The van der Waals surface area contributed by atoms with Gasteiger partial charge < -0.3 is 19.5 Å². The number of hydrogen-bond acceptors (Lipinski definition) is 5. The van der Waals surface area contributed by atoms with Crippen molar-refractivity contribution in [3.63, 3.8) is 0 Å². The summed E-state index contributed by atoms with van der Waals surface area (Å²) >= 11 is 0. The molecule has 1 amide bonds. The number of carbonyl (C=O) groups is 2. The maximum absolute atomic E-state index is 12.3. The molecule has 1 aromatic carbocycles. The number of aliphatic carboxylic acids is 1. The van der Waals surface area contributed by atoms with Crippen molar-refractivity contribution in [2.45, 2.75) is 37.9 Å². The van der Waals surface area contributed by atoms with Crippen LogP contribution in [-0.4, -0.2) is 71.9 Å². The quantitative estimate of drug-likeness (QED) is 0.834. The first-order valence-electron chi connectivity index (χ1n) is 10.1. The average molecular weight is 388 g/mol. The molecule has 1 saturated carbocycles. The Morgan fingerprint density at radius 3 is 2.29 bits per heavy atom. The predicted octanol–water partition coefficient (Wildman–Crippen LogP) is 2.35. The summed E-state index contributed by atoms with van der Waals surface area (Å²) in [5, 5.41) is 9.48. The van der Waals surface area contributed by atoms with Gasteiger partial charge in [0.25, 0.3) is 0 Å². The smallest absolute Gasteiger partial charge is 0.410 e. The van der Waals surface area contributed by atoms with Gasteiger partial charge in [0.15, 0.2) is 0 Å². The van der Waals surface area contributed by atoms with Crippen molar-refractivity contribution in [3.8, 4) is 0 Å². The maximum Gasteiger partial charge on any atom is 0.410 e. The maximum atomic E-state index is 12.3. The number of rotatable bonds is 5. The molecule has 2 bridgehead atoms. The van der Waals surface area contributed by atoms with Gasteiger partial charge in [-0.2, -0.15) is 0 Å². The Labute approximate surface area is 165 Å². The lowest BCUT2D eigenvalue weighted by Crippen LogP contribution is -2.60. The lowest BCUT2D eigenvalue weighted by atomic mass is 9.66. The van der Waals surface area contributed by atoms with Crippen LogP contribution in [0.15, 0.2) is 30.3 Å². The number of amides is 1. The van der Waals surface area contributed by atoms with Gasteiger partial charge in [0.1, 0.15) is 6.61 Å². The zero-order chi connectivity index (χ0) is 19.6. The van der Waals surface area contributed by atoms with Crippen molar-refractivity contribution in [1.82, 2.24) is 9.80 Å². The van der Waals surface area contributed by atoms with E-state index < -0.39 is 11.4 Å². The summed E-state index contributed by atoms with van der Waals surface area (Å²) in [6, 6.07) is 9.69. The molecule has 5 rings (SSSR count). The molecule has 1 N–H and O–H groups in total. The lowest BCUT2D eigenvalue weighted by Gasteiger charge is -2.53. The molecule has 0 spiro atoms. The SMILES string of the molecule is O=C(OCc1ccccc1)N1CCN(CC23CCC(C(=O)O)(CC2)CO3)CC1. The number of piperazine rings is 1. The van der Waals surface area contributed by atoms with Crippen LogP contribution in [0.3, 0.4) is 0 Å². The van der Waals surface area contributed by atoms with Gasteiger partial charge in [0.05, 0.1) is 17.6 Å². The van der Waals surface area contributed by atoms with E-state index in [0.29, 0.717) is 39.1 Å². The van der Waals surface area contributed by atoms with Crippen LogP contribution < -0.4 is 0 Å². The summed E-state index contributed by atoms with van der Waals surface area (Å²) in [6.07, 6.45) is 2.75. The Balaban J connectivity index is 1.23. The van der Waals surface area contributed by atoms with E-state index in [0.717, 1.165) is 38.0 Å². The Bertz CT molecular complexity index is 690. The Morgan fingerprint density at radius 1 is 1.04 bits per heavy atom. The van der Waals surface area contributed by atoms with E-state index in [4.69, 9.17) is 9.47 Å². The van der Waals surface area contributed by atoms with Gasteiger partial charge in [-0.05, 0) is 31.2 Å². The second kappa shape index (κ2) is 7.72. The Morgan fingerprint density at radius 2 is 1.71 bits per heavy atom. The molecule has 0 unspecified atom stereocenters. The highest BCUT2D eigenvalue weighted by Crippen LogP contribution is 2.49. The van der Waals surface area contributed by atoms with Crippen LogP contribution in [-0.2, 0) is 20.9 Å². The summed E-state index contributed by atoms with van der Waals surface area (Å²) in [5.41, 5.74) is 0.105. The third-order valence-electron chi connectivity index (χ3n) is 6.57. The largest absolute Gasteiger partial charge is 0.481 e. The molecular formula is C21H28N2O5. The number of hydrogen-bond donors (Lipinski definition) is 1. The predicted molar refractivity (Wildman–Crippen MR) is 102 cm³/mol. The molecular weight excluding hydrogens is 360 g/mol. The van der Waals surface area contributed by atoms with Crippen molar-refractivity contribution in [2.75, 3.05) is 39.3 Å². The number of benzene rings is 1. The highest BCUT2D eigenvalue weighted by Gasteiger charge is 2.54. The minimum absolute atomic E-state index is 0.215. The number of fused-ring (bicyclic) bond motifs is 3. The molecule has 7 nitrogen and oxygen atoms in total. The average Bonchev–Trinajstić information content (AvgIpc) is 2.74. The Kier molecular flexibility index (Phi) is 5.29. The van der Waals surface area contributed by atoms with E-state index in [1.54, 1.807) is 4.90 Å². The van der Waals surface area contributed by atoms with Crippen LogP contribution in [0.1, 0.15) is 31.2 Å². The second-order valence-corrected chi connectivity index (χ2v) is 8.36. The fourth-order valence-electron chi connectivity index (χ4n) is 4.55. The first-order chi connectivity index (χ1) is 13.5. The van der Waals surface area contributed by atoms with E-state index in [1.165, 1.54) is 0 Å². The molecule has 1 aliphatic carbocycles. The van der Waals surface area contributed by atoms with Crippen molar-refractivity contribution in [3.05, 3.63) is 35.9 Å². The summed E-state index contributed by atoms with van der Waals surface area (Å²) in [6.45, 7) is 4.29. The second-order valence-electron chi connectivity index (χ2n) is 8.36. The van der Waals surface area contributed by atoms with Gasteiger partial charge in [-0.15, -0.1) is 0 Å². The molecule has 152 valence electrons. The highest BCUT2D eigenvalue weighted by atomic mass is 16.6. The number of carboxylic acid groups (broad SMARTS) is 1. The van der Waals surface area contributed by atoms with E-state index in [-0.39, 0.29) is 11.7 Å². The molecule has 4 aliphatic rings. The van der Waals surface area contributed by atoms with Gasteiger partial charge >= 0.3 is 12.1 Å². The minimum atomic E-state index is -0.719. The molecule has 3 saturated heterocycles. The van der Waals surface area contributed by atoms with Gasteiger partial charge in [0, 0.05) is 32.7 Å². The van der Waals surface area contributed by atoms with Crippen molar-refractivity contribution in [1.29, 1.82) is 0 Å². The minimum Gasteiger partial charge on any atom is -0.481 e. The van der Waals surface area contributed by atoms with Crippen LogP contribution in [0.2, 0.25) is 0 Å². The fraction of sp³-hybridized carbons (Fsp3) is 0.619. The van der Waals surface area contributed by atoms with Crippen LogP contribution in [0.25, 0.3) is 0 Å². The number of ether oxygens (including phenoxy) is 2. The van der Waals surface area contributed by atoms with Crippen molar-refractivity contribution < 1.29 is 24.2 Å². The molecule has 28 heavy (non-hydrogen) atoms. The van der Waals surface area contributed by atoms with E-state index in [2.05, 4.69) is 4.90 Å². The molecule has 4 fully saturated rings. The van der Waals surface area contributed by atoms with E-state index in [1.807, 2.05) is 30.3 Å². The molecule has 0 radical (unpaired) electrons. The van der Waals surface area contributed by atoms with Gasteiger partial charge in [-0.3, -0.25) is 9.69 Å². The van der Waals surface area contributed by atoms with Crippen LogP contribution >= 0.6 is 0 Å². The topological polar surface area (TPSA) is 79.3 Å². The molecule has 1 aromatic rings. The van der Waals surface area contributed by atoms with Gasteiger partial charge in [0.2, 0.25) is 0 Å². The van der Waals surface area contributed by atoms with Gasteiger partial charge in [-0.1, -0.05) is 30.3 Å². The third-order valence-corrected chi connectivity index (χ3v) is 6.57. The standard InChI is InChI=1S/C21H28N2O5/c24-18(25)20-6-8-21(9-7-20,28-16-20)15-22-10-12-23(13-11-22)19(26)27-14-17-4-2-1-3-5-17/h1-5H,6-16H2,(H,24,25). The van der Waals surface area contributed by atoms with Crippen molar-refractivity contribution in [2.24, 2.45) is 5.41 Å². The summed E-state index contributed by atoms with van der Waals surface area (Å²) in [7, 11) is 0. The van der Waals surface area contributed by atoms with Crippen LogP contribution in [0, 0.1) is 5.41 Å². The normalized spacial score (nSPS) is 30.2. The van der Waals surface area contributed by atoms with E-state index >= 15 is 0 Å². The monoisotopic (exact) mass is 388 g/mol. The van der Waals surface area contributed by atoms with Crippen LogP contribution in [0.5, 0.6) is 0 Å². The molecule has 0 aromatic heterocycles. The zero-order valence-electron chi connectivity index (χ0n) is 16.1. The number of carboxylic acids is 1. The fourth-order valence-corrected chi connectivity index (χ4v) is 4.55. The molecule has 3 aliphatic heterocycles. The summed E-state index contributed by atoms with van der Waals surface area (Å²) in [5.74, 6) is -0.719. The first-order valence-corrected chi connectivity index (χ1v) is 10.1. The lowest BCUT2D eigenvalue weighted by molar-refractivity contribution is -0.206. The van der Waals surface area contributed by atoms with Crippen LogP contribution in [0.4, 0.5) is 4.79 Å². The van der Waals surface area contributed by atoms with Crippen molar-refractivity contribution >= 4 is 12.1 Å². The van der Waals surface area contributed by atoms with E-state index in [9.17, 15) is 14.7 Å². The highest BCUT2D eigenvalue weighted by molar-refractivity contribution is 5.75. The molecule has 7 heteroatoms. The number of nitrogens with zero attached hydrogens (tertiary/aromatic N) is 2. The Hall–Kier alpha value is -2.12. The van der Waals surface area contributed by atoms with Gasteiger partial charge in [-0.25, -0.2) is 4.79 Å².